The van der Waals surface area contributed by atoms with Crippen molar-refractivity contribution >= 4 is 11.7 Å². The highest BCUT2D eigenvalue weighted by Gasteiger charge is 2.18. The molecule has 0 aliphatic heterocycles. The number of aliphatic hydroxyl groups is 1. The number of nitrogens with one attached hydrogen (secondary N) is 2. The summed E-state index contributed by atoms with van der Waals surface area (Å²) in [5.41, 5.74) is 0.861. The summed E-state index contributed by atoms with van der Waals surface area (Å²) < 4.78 is 32.2. The largest absolute Gasteiger partial charge is 0.497 e. The first kappa shape index (κ1) is 17.7. The molecule has 2 aromatic rings. The van der Waals surface area contributed by atoms with E-state index in [4.69, 9.17) is 4.74 Å². The molecule has 5 nitrogen and oxygen atoms in total. The van der Waals surface area contributed by atoms with Gasteiger partial charge in [0, 0.05) is 18.3 Å². The summed E-state index contributed by atoms with van der Waals surface area (Å²) >= 11 is 0. The average Bonchev–Trinajstić information content (AvgIpc) is 2.55. The van der Waals surface area contributed by atoms with E-state index >= 15 is 0 Å². The highest BCUT2D eigenvalue weighted by molar-refractivity contribution is 5.90. The first-order valence-corrected chi connectivity index (χ1v) is 7.24. The highest BCUT2D eigenvalue weighted by atomic mass is 19.1. The van der Waals surface area contributed by atoms with Gasteiger partial charge in [-0.1, -0.05) is 12.1 Å². The molecule has 2 rings (SSSR count). The van der Waals surface area contributed by atoms with Gasteiger partial charge in [-0.05, 0) is 30.7 Å². The number of methoxy groups -OCH3 is 1. The predicted molar refractivity (Wildman–Crippen MR) is 86.1 cm³/mol. The van der Waals surface area contributed by atoms with E-state index in [1.54, 1.807) is 25.1 Å². The Balaban J connectivity index is 1.98. The van der Waals surface area contributed by atoms with Gasteiger partial charge in [0.25, 0.3) is 0 Å². The zero-order valence-corrected chi connectivity index (χ0v) is 13.3. The van der Waals surface area contributed by atoms with Gasteiger partial charge in [-0.25, -0.2) is 13.6 Å². The first-order valence-electron chi connectivity index (χ1n) is 7.24. The van der Waals surface area contributed by atoms with Crippen molar-refractivity contribution in [2.24, 2.45) is 0 Å². The van der Waals surface area contributed by atoms with Crippen LogP contribution in [0.25, 0.3) is 0 Å². The maximum atomic E-state index is 13.6. The quantitative estimate of drug-likeness (QED) is 0.785. The van der Waals surface area contributed by atoms with Crippen LogP contribution < -0.4 is 15.4 Å². The van der Waals surface area contributed by atoms with Crippen molar-refractivity contribution in [1.29, 1.82) is 0 Å². The summed E-state index contributed by atoms with van der Waals surface area (Å²) in [5.74, 6) is -1.16. The highest BCUT2D eigenvalue weighted by Crippen LogP contribution is 2.22. The molecule has 2 amide bonds. The van der Waals surface area contributed by atoms with Crippen molar-refractivity contribution in [1.82, 2.24) is 5.32 Å². The summed E-state index contributed by atoms with van der Waals surface area (Å²) in [7, 11) is 1.51. The minimum Gasteiger partial charge on any atom is -0.497 e. The number of aliphatic hydroxyl groups excluding tert-OH is 1. The van der Waals surface area contributed by atoms with Gasteiger partial charge in [-0.3, -0.25) is 0 Å². The molecular weight excluding hydrogens is 318 g/mol. The third-order valence-corrected chi connectivity index (χ3v) is 3.48. The molecule has 0 saturated heterocycles. The third-order valence-electron chi connectivity index (χ3n) is 3.48. The molecule has 0 bridgehead atoms. The lowest BCUT2D eigenvalue weighted by Crippen LogP contribution is -2.33. The van der Waals surface area contributed by atoms with Crippen LogP contribution in [0, 0.1) is 18.6 Å². The summed E-state index contributed by atoms with van der Waals surface area (Å²) in [6, 6.07) is 7.85. The minimum absolute atomic E-state index is 0.341. The molecular formula is C17H18F2N2O3. The number of carbonyl (C=O) groups is 1. The van der Waals surface area contributed by atoms with Crippen LogP contribution in [0.5, 0.6) is 5.75 Å². The van der Waals surface area contributed by atoms with Crippen LogP contribution in [-0.2, 0) is 0 Å². The smallest absolute Gasteiger partial charge is 0.319 e. The number of hydrogen-bond acceptors (Lipinski definition) is 3. The van der Waals surface area contributed by atoms with Gasteiger partial charge >= 0.3 is 6.03 Å². The molecule has 0 saturated carbocycles. The fraction of sp³-hybridized carbons (Fsp3) is 0.235. The van der Waals surface area contributed by atoms with E-state index in [9.17, 15) is 18.7 Å². The van der Waals surface area contributed by atoms with Gasteiger partial charge in [0.2, 0.25) is 0 Å². The van der Waals surface area contributed by atoms with Crippen molar-refractivity contribution in [3.05, 3.63) is 59.2 Å². The molecule has 7 heteroatoms. The van der Waals surface area contributed by atoms with Crippen LogP contribution in [0.1, 0.15) is 17.2 Å². The second-order valence-corrected chi connectivity index (χ2v) is 5.17. The van der Waals surface area contributed by atoms with Crippen LogP contribution in [0.15, 0.2) is 36.4 Å². The Morgan fingerprint density at radius 2 is 1.92 bits per heavy atom. The maximum absolute atomic E-state index is 13.6. The lowest BCUT2D eigenvalue weighted by atomic mass is 10.1. The number of carbonyl (C=O) groups excluding carboxylic acids is 1. The third kappa shape index (κ3) is 4.20. The topological polar surface area (TPSA) is 70.6 Å². The predicted octanol–water partition coefficient (Wildman–Crippen LogP) is 3.14. The van der Waals surface area contributed by atoms with E-state index in [1.165, 1.54) is 13.2 Å². The fourth-order valence-electron chi connectivity index (χ4n) is 2.15. The van der Waals surface area contributed by atoms with E-state index in [-0.39, 0.29) is 6.54 Å². The lowest BCUT2D eigenvalue weighted by molar-refractivity contribution is 0.166. The number of hydrogen-bond donors (Lipinski definition) is 3. The number of amides is 2. The van der Waals surface area contributed by atoms with Crippen molar-refractivity contribution in [3.63, 3.8) is 0 Å². The van der Waals surface area contributed by atoms with Crippen LogP contribution in [0.4, 0.5) is 19.3 Å². The van der Waals surface area contributed by atoms with E-state index in [0.29, 0.717) is 11.4 Å². The average molecular weight is 336 g/mol. The Kier molecular flexibility index (Phi) is 5.70. The molecule has 1 unspecified atom stereocenters. The van der Waals surface area contributed by atoms with E-state index in [2.05, 4.69) is 10.6 Å². The van der Waals surface area contributed by atoms with Crippen LogP contribution >= 0.6 is 0 Å². The number of benzene rings is 2. The lowest BCUT2D eigenvalue weighted by Gasteiger charge is -2.15. The Bertz CT molecular complexity index is 718. The second-order valence-electron chi connectivity index (χ2n) is 5.17. The molecule has 0 radical (unpaired) electrons. The van der Waals surface area contributed by atoms with Gasteiger partial charge in [0.15, 0.2) is 0 Å². The van der Waals surface area contributed by atoms with Crippen molar-refractivity contribution in [2.75, 3.05) is 19.0 Å². The molecule has 2 aromatic carbocycles. The van der Waals surface area contributed by atoms with Gasteiger partial charge in [-0.2, -0.15) is 0 Å². The molecule has 1 atom stereocenters. The molecule has 0 heterocycles. The number of ether oxygens (including phenoxy) is 1. The minimum atomic E-state index is -1.50. The molecule has 24 heavy (non-hydrogen) atoms. The molecule has 0 aliphatic rings. The summed E-state index contributed by atoms with van der Waals surface area (Å²) in [4.78, 5) is 11.9. The first-order chi connectivity index (χ1) is 11.4. The number of halogens is 2. The molecule has 128 valence electrons. The molecule has 0 aromatic heterocycles. The monoisotopic (exact) mass is 336 g/mol. The number of aryl methyl sites for hydroxylation is 1. The number of urea groups is 1. The SMILES string of the molecule is COc1ccc(C)c(NC(=O)NCC(O)c2c(F)cccc2F)c1. The zero-order valence-electron chi connectivity index (χ0n) is 13.3. The number of rotatable bonds is 5. The van der Waals surface area contributed by atoms with Crippen LogP contribution in [0.3, 0.4) is 0 Å². The molecule has 0 spiro atoms. The standard InChI is InChI=1S/C17H18F2N2O3/c1-10-6-7-11(24-2)8-14(10)21-17(23)20-9-15(22)16-12(18)4-3-5-13(16)19/h3-8,15,22H,9H2,1-2H3,(H2,20,21,23). The Hall–Kier alpha value is -2.67. The van der Waals surface area contributed by atoms with Crippen LogP contribution in [-0.4, -0.2) is 24.8 Å². The second kappa shape index (κ2) is 7.74. The molecule has 3 N–H and O–H groups in total. The molecule has 0 aliphatic carbocycles. The van der Waals surface area contributed by atoms with Crippen LogP contribution in [0.2, 0.25) is 0 Å². The normalized spacial score (nSPS) is 11.7. The van der Waals surface area contributed by atoms with Crippen molar-refractivity contribution < 1.29 is 23.4 Å². The van der Waals surface area contributed by atoms with Gasteiger partial charge in [0.1, 0.15) is 23.5 Å². The summed E-state index contributed by atoms with van der Waals surface area (Å²) in [5, 5.41) is 14.9. The van der Waals surface area contributed by atoms with Gasteiger partial charge in [-0.15, -0.1) is 0 Å². The summed E-state index contributed by atoms with van der Waals surface area (Å²) in [6.45, 7) is 1.46. The van der Waals surface area contributed by atoms with Crippen molar-refractivity contribution in [2.45, 2.75) is 13.0 Å². The van der Waals surface area contributed by atoms with Crippen molar-refractivity contribution in [3.8, 4) is 5.75 Å². The number of anilines is 1. The maximum Gasteiger partial charge on any atom is 0.319 e. The Labute approximate surface area is 138 Å². The van der Waals surface area contributed by atoms with E-state index in [1.807, 2.05) is 0 Å². The van der Waals surface area contributed by atoms with Gasteiger partial charge in [0.05, 0.1) is 12.7 Å². The van der Waals surface area contributed by atoms with E-state index in [0.717, 1.165) is 17.7 Å². The Morgan fingerprint density at radius 3 is 2.54 bits per heavy atom. The summed E-state index contributed by atoms with van der Waals surface area (Å²) in [6.07, 6.45) is -1.50. The van der Waals surface area contributed by atoms with E-state index < -0.39 is 29.3 Å². The fourth-order valence-corrected chi connectivity index (χ4v) is 2.15. The zero-order chi connectivity index (χ0) is 17.7. The van der Waals surface area contributed by atoms with Gasteiger partial charge < -0.3 is 20.5 Å². The Morgan fingerprint density at radius 1 is 1.25 bits per heavy atom. The molecule has 0 fully saturated rings.